The summed E-state index contributed by atoms with van der Waals surface area (Å²) in [7, 11) is -5.87. The predicted molar refractivity (Wildman–Crippen MR) is 149 cm³/mol. The lowest BCUT2D eigenvalue weighted by Crippen LogP contribution is -2.47. The standard InChI is InChI=1S/C27H34N4O7S2/c1-28-39(33,34)24-6-2-5-23(15-24)37-19-22(32)17-30-21-16-27(38-18-21)9-12-31(13-10-27)40(35,36)25-7-8-26-20(14-25)4-3-11-29-26/h2-8,11,14-15,21-22,28,30,32H,9-10,12-13,16-19H2,1H3/t21-,22+/m1/s1. The molecular weight excluding hydrogens is 556 g/mol. The van der Waals surface area contributed by atoms with E-state index in [-0.39, 0.29) is 29.0 Å². The van der Waals surface area contributed by atoms with E-state index in [1.54, 1.807) is 42.6 Å². The monoisotopic (exact) mass is 590 g/mol. The van der Waals surface area contributed by atoms with Gasteiger partial charge in [-0.1, -0.05) is 12.1 Å². The highest BCUT2D eigenvalue weighted by atomic mass is 32.2. The number of aliphatic hydroxyl groups is 1. The van der Waals surface area contributed by atoms with Crippen molar-refractivity contribution < 1.29 is 31.4 Å². The van der Waals surface area contributed by atoms with E-state index in [1.165, 1.54) is 23.5 Å². The number of nitrogens with zero attached hydrogens (tertiary/aromatic N) is 2. The van der Waals surface area contributed by atoms with E-state index in [4.69, 9.17) is 9.47 Å². The van der Waals surface area contributed by atoms with Crippen LogP contribution in [-0.2, 0) is 24.8 Å². The van der Waals surface area contributed by atoms with Crippen molar-refractivity contribution in [2.75, 3.05) is 39.9 Å². The van der Waals surface area contributed by atoms with Gasteiger partial charge in [0.1, 0.15) is 18.5 Å². The number of ether oxygens (including phenoxy) is 2. The number of fused-ring (bicyclic) bond motifs is 1. The van der Waals surface area contributed by atoms with Gasteiger partial charge >= 0.3 is 0 Å². The third-order valence-electron chi connectivity index (χ3n) is 7.52. The Bertz CT molecular complexity index is 1560. The Balaban J connectivity index is 1.09. The van der Waals surface area contributed by atoms with Crippen LogP contribution in [0.15, 0.2) is 70.6 Å². The first kappa shape index (κ1) is 28.9. The molecule has 0 aliphatic carbocycles. The second kappa shape index (κ2) is 11.7. The molecule has 11 nitrogen and oxygen atoms in total. The van der Waals surface area contributed by atoms with Crippen molar-refractivity contribution in [3.8, 4) is 5.75 Å². The molecule has 3 aromatic rings. The fourth-order valence-corrected chi connectivity index (χ4v) is 7.47. The van der Waals surface area contributed by atoms with Gasteiger partial charge in [0.15, 0.2) is 0 Å². The molecule has 2 atom stereocenters. The lowest BCUT2D eigenvalue weighted by atomic mass is 9.88. The summed E-state index contributed by atoms with van der Waals surface area (Å²) in [5.41, 5.74) is 0.361. The lowest BCUT2D eigenvalue weighted by Gasteiger charge is -2.38. The third-order valence-corrected chi connectivity index (χ3v) is 10.8. The number of hydrogen-bond acceptors (Lipinski definition) is 9. The van der Waals surface area contributed by atoms with Gasteiger partial charge in [-0.25, -0.2) is 21.6 Å². The highest BCUT2D eigenvalue weighted by Gasteiger charge is 2.44. The lowest BCUT2D eigenvalue weighted by molar-refractivity contribution is -0.0312. The van der Waals surface area contributed by atoms with Crippen molar-refractivity contribution in [3.63, 3.8) is 0 Å². The molecule has 2 fully saturated rings. The molecule has 40 heavy (non-hydrogen) atoms. The molecule has 1 spiro atoms. The molecule has 5 rings (SSSR count). The molecular formula is C27H34N4O7S2. The van der Waals surface area contributed by atoms with Crippen molar-refractivity contribution in [2.45, 2.75) is 46.8 Å². The zero-order valence-corrected chi connectivity index (χ0v) is 23.8. The van der Waals surface area contributed by atoms with Gasteiger partial charge in [0.05, 0.1) is 27.5 Å². The molecule has 3 heterocycles. The van der Waals surface area contributed by atoms with Crippen molar-refractivity contribution in [1.82, 2.24) is 19.3 Å². The first-order valence-corrected chi connectivity index (χ1v) is 16.1. The van der Waals surface area contributed by atoms with E-state index in [2.05, 4.69) is 15.0 Å². The van der Waals surface area contributed by atoms with Crippen LogP contribution in [0.2, 0.25) is 0 Å². The van der Waals surface area contributed by atoms with E-state index >= 15 is 0 Å². The molecule has 13 heteroatoms. The van der Waals surface area contributed by atoms with Gasteiger partial charge in [-0.15, -0.1) is 0 Å². The van der Waals surface area contributed by atoms with E-state index in [0.29, 0.717) is 38.3 Å². The average Bonchev–Trinajstić information content (AvgIpc) is 3.37. The van der Waals surface area contributed by atoms with Crippen molar-refractivity contribution in [3.05, 3.63) is 60.8 Å². The summed E-state index contributed by atoms with van der Waals surface area (Å²) >= 11 is 0. The van der Waals surface area contributed by atoms with Crippen molar-refractivity contribution >= 4 is 30.9 Å². The maximum absolute atomic E-state index is 13.3. The summed E-state index contributed by atoms with van der Waals surface area (Å²) in [6.07, 6.45) is 2.78. The minimum Gasteiger partial charge on any atom is -0.491 e. The van der Waals surface area contributed by atoms with Gasteiger partial charge in [0.2, 0.25) is 20.0 Å². The number of pyridine rings is 1. The molecule has 2 aromatic carbocycles. The highest BCUT2D eigenvalue weighted by molar-refractivity contribution is 7.89. The average molecular weight is 591 g/mol. The summed E-state index contributed by atoms with van der Waals surface area (Å²) in [5.74, 6) is 0.348. The Morgan fingerprint density at radius 3 is 2.67 bits per heavy atom. The van der Waals surface area contributed by atoms with Gasteiger partial charge in [-0.3, -0.25) is 4.98 Å². The van der Waals surface area contributed by atoms with Crippen molar-refractivity contribution in [2.24, 2.45) is 0 Å². The van der Waals surface area contributed by atoms with Gasteiger partial charge in [0, 0.05) is 43.3 Å². The van der Waals surface area contributed by atoms with E-state index in [0.717, 1.165) is 17.3 Å². The molecule has 0 saturated carbocycles. The number of aliphatic hydroxyl groups excluding tert-OH is 1. The molecule has 2 aliphatic heterocycles. The molecule has 0 radical (unpaired) electrons. The Morgan fingerprint density at radius 1 is 1.10 bits per heavy atom. The number of rotatable bonds is 10. The minimum atomic E-state index is -3.63. The Morgan fingerprint density at radius 2 is 1.90 bits per heavy atom. The number of benzene rings is 2. The maximum Gasteiger partial charge on any atom is 0.243 e. The Hall–Kier alpha value is -2.65. The van der Waals surface area contributed by atoms with Gasteiger partial charge in [0.25, 0.3) is 0 Å². The zero-order chi connectivity index (χ0) is 28.4. The SMILES string of the molecule is CNS(=O)(=O)c1cccc(OC[C@@H](O)CN[C@H]2COC3(CCN(S(=O)(=O)c4ccc5ncccc5c4)CC3)C2)c1. The Kier molecular flexibility index (Phi) is 8.43. The first-order chi connectivity index (χ1) is 19.1. The smallest absolute Gasteiger partial charge is 0.243 e. The second-order valence-corrected chi connectivity index (χ2v) is 14.0. The van der Waals surface area contributed by atoms with Crippen molar-refractivity contribution in [1.29, 1.82) is 0 Å². The van der Waals surface area contributed by atoms with Crippen LogP contribution in [0.25, 0.3) is 10.9 Å². The summed E-state index contributed by atoms with van der Waals surface area (Å²) in [5, 5.41) is 14.5. The summed E-state index contributed by atoms with van der Waals surface area (Å²) < 4.78 is 66.1. The van der Waals surface area contributed by atoms with Crippen LogP contribution >= 0.6 is 0 Å². The quantitative estimate of drug-likeness (QED) is 0.319. The molecule has 0 amide bonds. The maximum atomic E-state index is 13.3. The number of hydrogen-bond donors (Lipinski definition) is 3. The normalized spacial score (nSPS) is 20.6. The largest absolute Gasteiger partial charge is 0.491 e. The molecule has 3 N–H and O–H groups in total. The predicted octanol–water partition coefficient (Wildman–Crippen LogP) is 1.48. The number of nitrogens with one attached hydrogen (secondary N) is 2. The molecule has 2 saturated heterocycles. The Labute approximate surface area is 234 Å². The van der Waals surface area contributed by atoms with Crippen LogP contribution < -0.4 is 14.8 Å². The summed E-state index contributed by atoms with van der Waals surface area (Å²) in [6.45, 7) is 1.49. The molecule has 2 aliphatic rings. The summed E-state index contributed by atoms with van der Waals surface area (Å²) in [6, 6.07) is 14.8. The minimum absolute atomic E-state index is 0.00751. The number of aromatic nitrogens is 1. The first-order valence-electron chi connectivity index (χ1n) is 13.2. The van der Waals surface area contributed by atoms with Gasteiger partial charge in [-0.2, -0.15) is 4.31 Å². The van der Waals surface area contributed by atoms with E-state index in [9.17, 15) is 21.9 Å². The number of sulfonamides is 2. The number of piperidine rings is 1. The third kappa shape index (κ3) is 6.30. The molecule has 0 unspecified atom stereocenters. The molecule has 216 valence electrons. The van der Waals surface area contributed by atoms with Crippen LogP contribution in [-0.4, -0.2) is 88.9 Å². The van der Waals surface area contributed by atoms with Crippen LogP contribution in [0.1, 0.15) is 19.3 Å². The van der Waals surface area contributed by atoms with Crippen LogP contribution in [0.5, 0.6) is 5.75 Å². The topological polar surface area (TPSA) is 147 Å². The van der Waals surface area contributed by atoms with Crippen LogP contribution in [0, 0.1) is 0 Å². The van der Waals surface area contributed by atoms with Gasteiger partial charge in [-0.05, 0) is 62.7 Å². The van der Waals surface area contributed by atoms with Crippen LogP contribution in [0.3, 0.4) is 0 Å². The highest BCUT2D eigenvalue weighted by Crippen LogP contribution is 2.37. The fraction of sp³-hybridized carbons (Fsp3) is 0.444. The fourth-order valence-electron chi connectivity index (χ4n) is 5.22. The van der Waals surface area contributed by atoms with Gasteiger partial charge < -0.3 is 19.9 Å². The molecule has 0 bridgehead atoms. The van der Waals surface area contributed by atoms with E-state index < -0.39 is 31.8 Å². The second-order valence-electron chi connectivity index (χ2n) is 10.2. The molecule has 1 aromatic heterocycles. The zero-order valence-electron chi connectivity index (χ0n) is 22.2. The van der Waals surface area contributed by atoms with E-state index in [1.807, 2.05) is 6.07 Å². The van der Waals surface area contributed by atoms with Crippen LogP contribution in [0.4, 0.5) is 0 Å². The summed E-state index contributed by atoms with van der Waals surface area (Å²) in [4.78, 5) is 4.61.